The molecule has 0 spiro atoms. The normalized spacial score (nSPS) is 13.7. The maximum Gasteiger partial charge on any atom is 0.416 e. The molecule has 3 aromatic rings. The zero-order chi connectivity index (χ0) is 28.2. The highest BCUT2D eigenvalue weighted by Crippen LogP contribution is 2.35. The Labute approximate surface area is 228 Å². The van der Waals surface area contributed by atoms with Crippen molar-refractivity contribution in [2.24, 2.45) is 0 Å². The molecule has 1 aliphatic rings. The average Bonchev–Trinajstić information content (AvgIpc) is 3.11. The number of halogens is 4. The van der Waals surface area contributed by atoms with Crippen molar-refractivity contribution in [2.75, 3.05) is 15.5 Å². The minimum Gasteiger partial charge on any atom is -0.350 e. The molecule has 0 bridgehead atoms. The van der Waals surface area contributed by atoms with Crippen molar-refractivity contribution in [3.05, 3.63) is 100 Å². The van der Waals surface area contributed by atoms with Gasteiger partial charge in [0.2, 0.25) is 5.91 Å². The molecule has 6 nitrogen and oxygen atoms in total. The van der Waals surface area contributed by atoms with E-state index in [1.165, 1.54) is 11.6 Å². The summed E-state index contributed by atoms with van der Waals surface area (Å²) in [6, 6.07) is 18.2. The summed E-state index contributed by atoms with van der Waals surface area (Å²) in [5.41, 5.74) is 1.53. The van der Waals surface area contributed by atoms with Crippen molar-refractivity contribution in [1.82, 2.24) is 0 Å². The fourth-order valence-electron chi connectivity index (χ4n) is 4.04. The van der Waals surface area contributed by atoms with Crippen LogP contribution in [0.3, 0.4) is 0 Å². The highest BCUT2D eigenvalue weighted by Gasteiger charge is 2.40. The molecular weight excluding hydrogens is 531 g/mol. The van der Waals surface area contributed by atoms with Crippen molar-refractivity contribution >= 4 is 46.4 Å². The predicted octanol–water partition coefficient (Wildman–Crippen LogP) is 6.66. The van der Waals surface area contributed by atoms with E-state index in [-0.39, 0.29) is 23.7 Å². The van der Waals surface area contributed by atoms with Crippen molar-refractivity contribution in [1.29, 1.82) is 0 Å². The van der Waals surface area contributed by atoms with Gasteiger partial charge in [0.25, 0.3) is 11.8 Å². The molecule has 0 aromatic heterocycles. The molecule has 0 unspecified atom stereocenters. The third kappa shape index (κ3) is 6.67. The average molecular weight is 556 g/mol. The lowest BCUT2D eigenvalue weighted by molar-refractivity contribution is -0.137. The SMILES string of the molecule is CCCCc1ccc(NC(=O)Cc2ccc(NC3=C(Cl)C(=O)N(c4cccc(C(F)(F)F)c4)C3=O)cc2)cc1. The van der Waals surface area contributed by atoms with Crippen LogP contribution in [0.2, 0.25) is 0 Å². The van der Waals surface area contributed by atoms with Crippen LogP contribution in [0.25, 0.3) is 0 Å². The standard InChI is InChI=1S/C29H25ClF3N3O3/c1-2-3-5-18-8-12-21(13-9-18)34-24(37)16-19-10-14-22(15-11-19)35-26-25(30)27(38)36(28(26)39)23-7-4-6-20(17-23)29(31,32)33/h4,6-15,17,35H,2-3,5,16H2,1H3,(H,34,37). The van der Waals surface area contributed by atoms with Crippen LogP contribution in [0, 0.1) is 0 Å². The van der Waals surface area contributed by atoms with E-state index in [0.717, 1.165) is 31.4 Å². The Bertz CT molecular complexity index is 1420. The van der Waals surface area contributed by atoms with E-state index >= 15 is 0 Å². The molecule has 3 aromatic carbocycles. The molecule has 3 amide bonds. The van der Waals surface area contributed by atoms with E-state index in [2.05, 4.69) is 17.6 Å². The number of imide groups is 1. The van der Waals surface area contributed by atoms with Gasteiger partial charge in [-0.1, -0.05) is 55.3 Å². The van der Waals surface area contributed by atoms with Crippen LogP contribution < -0.4 is 15.5 Å². The Morgan fingerprint density at radius 2 is 1.54 bits per heavy atom. The first-order valence-electron chi connectivity index (χ1n) is 12.3. The number of benzene rings is 3. The first-order valence-corrected chi connectivity index (χ1v) is 12.6. The second-order valence-electron chi connectivity index (χ2n) is 9.03. The molecule has 0 radical (unpaired) electrons. The second kappa shape index (κ2) is 11.7. The van der Waals surface area contributed by atoms with E-state index in [4.69, 9.17) is 11.6 Å². The smallest absolute Gasteiger partial charge is 0.350 e. The Balaban J connectivity index is 1.38. The lowest BCUT2D eigenvalue weighted by atomic mass is 10.1. The molecule has 1 heterocycles. The molecule has 0 saturated carbocycles. The number of nitrogens with one attached hydrogen (secondary N) is 2. The fraction of sp³-hybridized carbons (Fsp3) is 0.207. The van der Waals surface area contributed by atoms with Gasteiger partial charge in [0.1, 0.15) is 10.7 Å². The van der Waals surface area contributed by atoms with Gasteiger partial charge in [0, 0.05) is 11.4 Å². The van der Waals surface area contributed by atoms with Crippen LogP contribution in [0.15, 0.2) is 83.5 Å². The number of amides is 3. The molecule has 4 rings (SSSR count). The van der Waals surface area contributed by atoms with Gasteiger partial charge in [-0.05, 0) is 66.4 Å². The number of nitrogens with zero attached hydrogens (tertiary/aromatic N) is 1. The monoisotopic (exact) mass is 555 g/mol. The van der Waals surface area contributed by atoms with Gasteiger partial charge in [-0.3, -0.25) is 14.4 Å². The van der Waals surface area contributed by atoms with Gasteiger partial charge in [0.05, 0.1) is 17.7 Å². The summed E-state index contributed by atoms with van der Waals surface area (Å²) in [6.07, 6.45) is -1.31. The van der Waals surface area contributed by atoms with E-state index in [1.54, 1.807) is 24.3 Å². The van der Waals surface area contributed by atoms with E-state index in [0.29, 0.717) is 27.9 Å². The summed E-state index contributed by atoms with van der Waals surface area (Å²) < 4.78 is 39.3. The molecule has 0 aliphatic carbocycles. The summed E-state index contributed by atoms with van der Waals surface area (Å²) in [6.45, 7) is 2.14. The fourth-order valence-corrected chi connectivity index (χ4v) is 4.26. The predicted molar refractivity (Wildman–Crippen MR) is 144 cm³/mol. The summed E-state index contributed by atoms with van der Waals surface area (Å²) in [4.78, 5) is 38.6. The third-order valence-corrected chi connectivity index (χ3v) is 6.45. The van der Waals surface area contributed by atoms with E-state index in [1.807, 2.05) is 24.3 Å². The second-order valence-corrected chi connectivity index (χ2v) is 9.41. The zero-order valence-electron chi connectivity index (χ0n) is 20.9. The minimum atomic E-state index is -4.64. The largest absolute Gasteiger partial charge is 0.416 e. The molecular formula is C29H25ClF3N3O3. The first kappa shape index (κ1) is 27.9. The number of aryl methyl sites for hydroxylation is 1. The lowest BCUT2D eigenvalue weighted by Crippen LogP contribution is -2.32. The summed E-state index contributed by atoms with van der Waals surface area (Å²) in [5, 5.41) is 5.19. The zero-order valence-corrected chi connectivity index (χ0v) is 21.7. The maximum absolute atomic E-state index is 13.1. The van der Waals surface area contributed by atoms with Gasteiger partial charge in [-0.2, -0.15) is 13.2 Å². The van der Waals surface area contributed by atoms with Crippen LogP contribution >= 0.6 is 11.6 Å². The molecule has 1 aliphatic heterocycles. The van der Waals surface area contributed by atoms with Gasteiger partial charge < -0.3 is 10.6 Å². The van der Waals surface area contributed by atoms with E-state index < -0.39 is 28.6 Å². The van der Waals surface area contributed by atoms with Crippen molar-refractivity contribution in [3.8, 4) is 0 Å². The highest BCUT2D eigenvalue weighted by atomic mass is 35.5. The summed E-state index contributed by atoms with van der Waals surface area (Å²) in [5.74, 6) is -2.01. The first-order chi connectivity index (χ1) is 18.6. The molecule has 10 heteroatoms. The quantitative estimate of drug-likeness (QED) is 0.289. The minimum absolute atomic E-state index is 0.113. The van der Waals surface area contributed by atoms with Crippen LogP contribution in [-0.4, -0.2) is 17.7 Å². The molecule has 0 saturated heterocycles. The van der Waals surface area contributed by atoms with Crippen LogP contribution in [0.5, 0.6) is 0 Å². The Kier molecular flexibility index (Phi) is 8.40. The van der Waals surface area contributed by atoms with Crippen molar-refractivity contribution in [2.45, 2.75) is 38.8 Å². The lowest BCUT2D eigenvalue weighted by Gasteiger charge is -2.17. The van der Waals surface area contributed by atoms with Crippen LogP contribution in [0.4, 0.5) is 30.2 Å². The topological polar surface area (TPSA) is 78.5 Å². The molecule has 0 fully saturated rings. The Hall–Kier alpha value is -4.11. The third-order valence-electron chi connectivity index (χ3n) is 6.10. The molecule has 202 valence electrons. The van der Waals surface area contributed by atoms with Gasteiger partial charge in [0.15, 0.2) is 0 Å². The van der Waals surface area contributed by atoms with Gasteiger partial charge >= 0.3 is 6.18 Å². The Morgan fingerprint density at radius 3 is 2.18 bits per heavy atom. The van der Waals surface area contributed by atoms with Crippen LogP contribution in [0.1, 0.15) is 36.5 Å². The number of hydrogen-bond donors (Lipinski definition) is 2. The number of carbonyl (C=O) groups is 3. The number of anilines is 3. The van der Waals surface area contributed by atoms with Crippen molar-refractivity contribution in [3.63, 3.8) is 0 Å². The number of carbonyl (C=O) groups excluding carboxylic acids is 3. The summed E-state index contributed by atoms with van der Waals surface area (Å²) in [7, 11) is 0. The van der Waals surface area contributed by atoms with Gasteiger partial charge in [-0.15, -0.1) is 0 Å². The van der Waals surface area contributed by atoms with E-state index in [9.17, 15) is 27.6 Å². The number of unbranched alkanes of at least 4 members (excludes halogenated alkanes) is 1. The summed E-state index contributed by atoms with van der Waals surface area (Å²) >= 11 is 6.09. The molecule has 39 heavy (non-hydrogen) atoms. The Morgan fingerprint density at radius 1 is 0.897 bits per heavy atom. The highest BCUT2D eigenvalue weighted by molar-refractivity contribution is 6.53. The molecule has 0 atom stereocenters. The van der Waals surface area contributed by atoms with Crippen molar-refractivity contribution < 1.29 is 27.6 Å². The molecule has 2 N–H and O–H groups in total. The van der Waals surface area contributed by atoms with Crippen LogP contribution in [-0.2, 0) is 33.4 Å². The maximum atomic E-state index is 13.1. The number of alkyl halides is 3. The number of hydrogen-bond acceptors (Lipinski definition) is 4. The van der Waals surface area contributed by atoms with Gasteiger partial charge in [-0.25, -0.2) is 4.90 Å². The number of rotatable bonds is 9.